The van der Waals surface area contributed by atoms with E-state index in [0.717, 1.165) is 0 Å². The van der Waals surface area contributed by atoms with E-state index in [9.17, 15) is 14.4 Å². The molecular weight excluding hydrogens is 449 g/mol. The summed E-state index contributed by atoms with van der Waals surface area (Å²) in [4.78, 5) is 36.3. The molecule has 1 amide bonds. The second kappa shape index (κ2) is 10.3. The molecule has 10 heteroatoms. The Labute approximate surface area is 186 Å². The molecule has 1 aromatic heterocycles. The molecule has 0 fully saturated rings. The minimum absolute atomic E-state index is 0.137. The first-order valence-corrected chi connectivity index (χ1v) is 9.76. The van der Waals surface area contributed by atoms with Gasteiger partial charge in [0.15, 0.2) is 6.61 Å². The van der Waals surface area contributed by atoms with Crippen LogP contribution in [0, 0.1) is 0 Å². The minimum Gasteiger partial charge on any atom is -0.480 e. The molecule has 3 rings (SSSR count). The van der Waals surface area contributed by atoms with E-state index in [1.54, 1.807) is 12.1 Å². The van der Waals surface area contributed by atoms with Gasteiger partial charge < -0.3 is 23.9 Å². The summed E-state index contributed by atoms with van der Waals surface area (Å²) in [6, 6.07) is 10.4. The number of nitrogens with one attached hydrogen (secondary N) is 1. The maximum Gasteiger partial charge on any atom is 0.349 e. The van der Waals surface area contributed by atoms with Crippen LogP contribution in [0.2, 0.25) is 10.0 Å². The molecule has 0 unspecified atom stereocenters. The van der Waals surface area contributed by atoms with E-state index >= 15 is 0 Å². The van der Waals surface area contributed by atoms with E-state index in [-0.39, 0.29) is 34.2 Å². The van der Waals surface area contributed by atoms with Crippen LogP contribution in [0.3, 0.4) is 0 Å². The largest absolute Gasteiger partial charge is 0.480 e. The van der Waals surface area contributed by atoms with Crippen molar-refractivity contribution in [3.8, 4) is 11.5 Å². The lowest BCUT2D eigenvalue weighted by Gasteiger charge is -2.09. The fourth-order valence-corrected chi connectivity index (χ4v) is 3.03. The fourth-order valence-electron chi connectivity index (χ4n) is 2.57. The third kappa shape index (κ3) is 5.97. The van der Waals surface area contributed by atoms with Crippen LogP contribution in [0.1, 0.15) is 10.4 Å². The van der Waals surface area contributed by atoms with Gasteiger partial charge in [0.25, 0.3) is 5.91 Å². The number of esters is 1. The van der Waals surface area contributed by atoms with E-state index in [1.807, 2.05) is 0 Å². The second-order valence-corrected chi connectivity index (χ2v) is 7.08. The van der Waals surface area contributed by atoms with E-state index < -0.39 is 24.1 Å². The highest BCUT2D eigenvalue weighted by atomic mass is 35.5. The standard InChI is InChI=1S/C21H17Cl2NO7/c1-28-7-6-24-20(26)15-8-12-2-4-14(10-18(12)31-21(15)27)30-19(25)11-29-17-5-3-13(22)9-16(17)23/h2-5,8-10H,6-7,11H2,1H3,(H,24,26). The number of rotatable bonds is 8. The Balaban J connectivity index is 1.67. The predicted octanol–water partition coefficient (Wildman–Crippen LogP) is 3.46. The van der Waals surface area contributed by atoms with Crippen molar-refractivity contribution in [1.29, 1.82) is 0 Å². The van der Waals surface area contributed by atoms with E-state index in [4.69, 9.17) is 41.8 Å². The van der Waals surface area contributed by atoms with Gasteiger partial charge in [0, 0.05) is 30.1 Å². The highest BCUT2D eigenvalue weighted by molar-refractivity contribution is 6.35. The summed E-state index contributed by atoms with van der Waals surface area (Å²) in [7, 11) is 1.50. The van der Waals surface area contributed by atoms with E-state index in [1.165, 1.54) is 37.4 Å². The van der Waals surface area contributed by atoms with Gasteiger partial charge >= 0.3 is 11.6 Å². The molecule has 0 bridgehead atoms. The van der Waals surface area contributed by atoms with Crippen LogP contribution in [-0.4, -0.2) is 38.7 Å². The molecule has 0 aliphatic rings. The highest BCUT2D eigenvalue weighted by Gasteiger charge is 2.15. The summed E-state index contributed by atoms with van der Waals surface area (Å²) in [5.41, 5.74) is -0.793. The normalized spacial score (nSPS) is 10.7. The lowest BCUT2D eigenvalue weighted by atomic mass is 10.1. The topological polar surface area (TPSA) is 104 Å². The lowest BCUT2D eigenvalue weighted by molar-refractivity contribution is -0.136. The molecule has 0 aliphatic carbocycles. The lowest BCUT2D eigenvalue weighted by Crippen LogP contribution is -2.30. The summed E-state index contributed by atoms with van der Waals surface area (Å²) in [6.07, 6.45) is 0. The average Bonchev–Trinajstić information content (AvgIpc) is 2.72. The Hall–Kier alpha value is -3.07. The zero-order valence-electron chi connectivity index (χ0n) is 16.3. The van der Waals surface area contributed by atoms with Gasteiger partial charge in [-0.05, 0) is 36.4 Å². The summed E-state index contributed by atoms with van der Waals surface area (Å²) in [5, 5.41) is 3.74. The number of carbonyl (C=O) groups is 2. The first kappa shape index (κ1) is 22.6. The number of hydrogen-bond donors (Lipinski definition) is 1. The van der Waals surface area contributed by atoms with Gasteiger partial charge in [-0.2, -0.15) is 0 Å². The molecule has 3 aromatic rings. The first-order valence-electron chi connectivity index (χ1n) is 9.01. The minimum atomic E-state index is -0.813. The van der Waals surface area contributed by atoms with Crippen LogP contribution in [0.25, 0.3) is 11.0 Å². The van der Waals surface area contributed by atoms with Crippen molar-refractivity contribution in [2.75, 3.05) is 26.9 Å². The molecule has 31 heavy (non-hydrogen) atoms. The van der Waals surface area contributed by atoms with E-state index in [0.29, 0.717) is 17.0 Å². The quantitative estimate of drug-likeness (QED) is 0.235. The number of carbonyl (C=O) groups excluding carboxylic acids is 2. The van der Waals surface area contributed by atoms with Crippen LogP contribution in [0.15, 0.2) is 51.7 Å². The second-order valence-electron chi connectivity index (χ2n) is 6.23. The summed E-state index contributed by atoms with van der Waals surface area (Å²) >= 11 is 11.8. The Kier molecular flexibility index (Phi) is 7.51. The number of ether oxygens (including phenoxy) is 3. The zero-order valence-corrected chi connectivity index (χ0v) is 17.8. The Bertz CT molecular complexity index is 1180. The molecule has 162 valence electrons. The number of hydrogen-bond acceptors (Lipinski definition) is 7. The number of halogens is 2. The molecule has 0 spiro atoms. The van der Waals surface area contributed by atoms with Gasteiger partial charge in [-0.25, -0.2) is 9.59 Å². The molecule has 1 heterocycles. The number of fused-ring (bicyclic) bond motifs is 1. The van der Waals surface area contributed by atoms with Crippen molar-refractivity contribution < 1.29 is 28.2 Å². The summed E-state index contributed by atoms with van der Waals surface area (Å²) in [5.74, 6) is -0.837. The number of benzene rings is 2. The predicted molar refractivity (Wildman–Crippen MR) is 114 cm³/mol. The van der Waals surface area contributed by atoms with Gasteiger partial charge in [-0.3, -0.25) is 4.79 Å². The Morgan fingerprint density at radius 2 is 1.90 bits per heavy atom. The molecule has 0 saturated carbocycles. The van der Waals surface area contributed by atoms with Crippen LogP contribution in [0.5, 0.6) is 11.5 Å². The SMILES string of the molecule is COCCNC(=O)c1cc2ccc(OC(=O)COc3ccc(Cl)cc3Cl)cc2oc1=O. The van der Waals surface area contributed by atoms with Crippen molar-refractivity contribution in [2.45, 2.75) is 0 Å². The fraction of sp³-hybridized carbons (Fsp3) is 0.190. The molecular formula is C21H17Cl2NO7. The van der Waals surface area contributed by atoms with Gasteiger partial charge in [0.05, 0.1) is 11.6 Å². The maximum atomic E-state index is 12.1. The van der Waals surface area contributed by atoms with Crippen LogP contribution in [-0.2, 0) is 9.53 Å². The van der Waals surface area contributed by atoms with Gasteiger partial charge in [0.2, 0.25) is 0 Å². The maximum absolute atomic E-state index is 12.1. The molecule has 1 N–H and O–H groups in total. The van der Waals surface area contributed by atoms with E-state index in [2.05, 4.69) is 5.32 Å². The van der Waals surface area contributed by atoms with Crippen LogP contribution in [0.4, 0.5) is 0 Å². The Morgan fingerprint density at radius 1 is 1.10 bits per heavy atom. The van der Waals surface area contributed by atoms with Crippen molar-refractivity contribution in [3.05, 3.63) is 68.5 Å². The van der Waals surface area contributed by atoms with Crippen LogP contribution < -0.4 is 20.4 Å². The molecule has 0 atom stereocenters. The van der Waals surface area contributed by atoms with Crippen molar-refractivity contribution in [2.24, 2.45) is 0 Å². The molecule has 0 aliphatic heterocycles. The molecule has 0 saturated heterocycles. The van der Waals surface area contributed by atoms with Gasteiger partial charge in [-0.1, -0.05) is 23.2 Å². The van der Waals surface area contributed by atoms with Crippen LogP contribution >= 0.6 is 23.2 Å². The summed E-state index contributed by atoms with van der Waals surface area (Å²) in [6.45, 7) is 0.169. The molecule has 2 aromatic carbocycles. The summed E-state index contributed by atoms with van der Waals surface area (Å²) < 4.78 is 20.6. The molecule has 8 nitrogen and oxygen atoms in total. The smallest absolute Gasteiger partial charge is 0.349 e. The number of amides is 1. The van der Waals surface area contributed by atoms with Gasteiger partial charge in [0.1, 0.15) is 22.6 Å². The molecule has 0 radical (unpaired) electrons. The first-order chi connectivity index (χ1) is 14.9. The monoisotopic (exact) mass is 465 g/mol. The number of methoxy groups -OCH3 is 1. The van der Waals surface area contributed by atoms with Crippen molar-refractivity contribution in [1.82, 2.24) is 5.32 Å². The zero-order chi connectivity index (χ0) is 22.4. The average molecular weight is 466 g/mol. The third-order valence-corrected chi connectivity index (χ3v) is 4.55. The van der Waals surface area contributed by atoms with Crippen molar-refractivity contribution in [3.63, 3.8) is 0 Å². The Morgan fingerprint density at radius 3 is 2.65 bits per heavy atom. The van der Waals surface area contributed by atoms with Gasteiger partial charge in [-0.15, -0.1) is 0 Å². The van der Waals surface area contributed by atoms with Crippen molar-refractivity contribution >= 4 is 46.0 Å². The highest BCUT2D eigenvalue weighted by Crippen LogP contribution is 2.27. The third-order valence-electron chi connectivity index (χ3n) is 4.01.